The Kier molecular flexibility index (Phi) is 5.30. The summed E-state index contributed by atoms with van der Waals surface area (Å²) in [4.78, 5) is 13.5. The minimum Gasteiger partial charge on any atom is -0.493 e. The van der Waals surface area contributed by atoms with Crippen LogP contribution in [-0.4, -0.2) is 24.1 Å². The van der Waals surface area contributed by atoms with Gasteiger partial charge in [-0.1, -0.05) is 24.3 Å². The van der Waals surface area contributed by atoms with Gasteiger partial charge in [0.2, 0.25) is 0 Å². The van der Waals surface area contributed by atoms with Gasteiger partial charge in [0.1, 0.15) is 12.4 Å². The van der Waals surface area contributed by atoms with E-state index >= 15 is 0 Å². The quantitative estimate of drug-likeness (QED) is 0.878. The Morgan fingerprint density at radius 1 is 1.23 bits per heavy atom. The molecule has 6 heteroatoms. The van der Waals surface area contributed by atoms with E-state index in [4.69, 9.17) is 15.2 Å². The highest BCUT2D eigenvalue weighted by Crippen LogP contribution is 2.39. The van der Waals surface area contributed by atoms with E-state index in [9.17, 15) is 9.18 Å². The van der Waals surface area contributed by atoms with E-state index in [2.05, 4.69) is 0 Å². The second kappa shape index (κ2) is 7.64. The normalized spacial score (nSPS) is 19.4. The van der Waals surface area contributed by atoms with Gasteiger partial charge >= 0.3 is 6.03 Å². The Labute approximate surface area is 152 Å². The van der Waals surface area contributed by atoms with Crippen molar-refractivity contribution >= 4 is 6.03 Å². The summed E-state index contributed by atoms with van der Waals surface area (Å²) in [5.74, 6) is 0.763. The maximum Gasteiger partial charge on any atom is 0.315 e. The Morgan fingerprint density at radius 3 is 2.69 bits per heavy atom. The molecule has 0 radical (unpaired) electrons. The second-order valence-corrected chi connectivity index (χ2v) is 6.48. The first-order chi connectivity index (χ1) is 12.5. The van der Waals surface area contributed by atoms with Crippen molar-refractivity contribution in [3.05, 3.63) is 59.4 Å². The predicted molar refractivity (Wildman–Crippen MR) is 96.6 cm³/mol. The molecule has 2 amide bonds. The van der Waals surface area contributed by atoms with E-state index in [1.807, 2.05) is 19.1 Å². The third kappa shape index (κ3) is 3.59. The third-order valence-electron chi connectivity index (χ3n) is 4.84. The van der Waals surface area contributed by atoms with E-state index in [1.165, 1.54) is 6.07 Å². The number of benzene rings is 2. The summed E-state index contributed by atoms with van der Waals surface area (Å²) in [5, 5.41) is 0. The number of rotatable bonds is 5. The van der Waals surface area contributed by atoms with Crippen LogP contribution in [0.25, 0.3) is 0 Å². The average molecular weight is 358 g/mol. The summed E-state index contributed by atoms with van der Waals surface area (Å²) in [6.07, 6.45) is 1.75. The van der Waals surface area contributed by atoms with Gasteiger partial charge in [-0.2, -0.15) is 0 Å². The summed E-state index contributed by atoms with van der Waals surface area (Å²) < 4.78 is 24.9. The number of amides is 2. The van der Waals surface area contributed by atoms with Crippen molar-refractivity contribution < 1.29 is 18.7 Å². The van der Waals surface area contributed by atoms with Crippen LogP contribution in [0.4, 0.5) is 9.18 Å². The van der Waals surface area contributed by atoms with E-state index in [0.717, 1.165) is 18.4 Å². The van der Waals surface area contributed by atoms with Gasteiger partial charge in [-0.3, -0.25) is 0 Å². The fraction of sp³-hybridized carbons (Fsp3) is 0.350. The molecule has 138 valence electrons. The van der Waals surface area contributed by atoms with Crippen molar-refractivity contribution in [1.82, 2.24) is 4.90 Å². The number of carbonyl (C=O) groups excluding carboxylic acids is 1. The van der Waals surface area contributed by atoms with Crippen molar-refractivity contribution in [3.63, 3.8) is 0 Å². The molecular weight excluding hydrogens is 335 g/mol. The van der Waals surface area contributed by atoms with Gasteiger partial charge in [-0.05, 0) is 43.5 Å². The lowest BCUT2D eigenvalue weighted by Gasteiger charge is -2.27. The molecule has 1 unspecified atom stereocenters. The first-order valence-electron chi connectivity index (χ1n) is 8.63. The minimum atomic E-state index is -0.418. The van der Waals surface area contributed by atoms with Crippen LogP contribution in [-0.2, 0) is 6.61 Å². The van der Waals surface area contributed by atoms with Crippen LogP contribution in [0.5, 0.6) is 11.5 Å². The number of ether oxygens (including phenoxy) is 2. The molecule has 2 aromatic carbocycles. The van der Waals surface area contributed by atoms with Gasteiger partial charge in [-0.15, -0.1) is 0 Å². The SMILES string of the molecule is COc1cc([C@H]2CCC(C)N2C(N)=O)ccc1OCc1ccccc1F. The van der Waals surface area contributed by atoms with Crippen LogP contribution in [0.15, 0.2) is 42.5 Å². The van der Waals surface area contributed by atoms with Crippen molar-refractivity contribution in [2.24, 2.45) is 5.73 Å². The Bertz CT molecular complexity index is 796. The number of primary amides is 1. The molecule has 1 aliphatic heterocycles. The van der Waals surface area contributed by atoms with Gasteiger partial charge in [0, 0.05) is 11.6 Å². The molecule has 5 nitrogen and oxygen atoms in total. The summed E-state index contributed by atoms with van der Waals surface area (Å²) in [5.41, 5.74) is 6.96. The van der Waals surface area contributed by atoms with Crippen molar-refractivity contribution in [1.29, 1.82) is 0 Å². The Morgan fingerprint density at radius 2 is 2.00 bits per heavy atom. The predicted octanol–water partition coefficient (Wildman–Crippen LogP) is 4.02. The first-order valence-corrected chi connectivity index (χ1v) is 8.63. The fourth-order valence-corrected chi connectivity index (χ4v) is 3.46. The molecule has 0 saturated carbocycles. The smallest absolute Gasteiger partial charge is 0.315 e. The van der Waals surface area contributed by atoms with E-state index < -0.39 is 6.03 Å². The highest BCUT2D eigenvalue weighted by molar-refractivity contribution is 5.73. The van der Waals surface area contributed by atoms with Crippen LogP contribution in [0.1, 0.15) is 36.9 Å². The minimum absolute atomic E-state index is 0.0722. The molecule has 1 heterocycles. The van der Waals surface area contributed by atoms with Crippen LogP contribution in [0.3, 0.4) is 0 Å². The van der Waals surface area contributed by atoms with Gasteiger partial charge < -0.3 is 20.1 Å². The molecule has 2 N–H and O–H groups in total. The molecule has 1 aliphatic rings. The standard InChI is InChI=1S/C20H23FN2O3/c1-13-7-9-17(23(13)20(22)24)14-8-10-18(19(11-14)25-2)26-12-15-5-3-4-6-16(15)21/h3-6,8,10-11,13,17H,7,9,12H2,1-2H3,(H2,22,24)/t13?,17-/m1/s1. The zero-order valence-corrected chi connectivity index (χ0v) is 14.9. The largest absolute Gasteiger partial charge is 0.493 e. The molecule has 2 aromatic rings. The number of nitrogens with two attached hydrogens (primary N) is 1. The molecule has 0 bridgehead atoms. The number of halogens is 1. The molecule has 1 fully saturated rings. The van der Waals surface area contributed by atoms with E-state index in [0.29, 0.717) is 17.1 Å². The molecule has 1 saturated heterocycles. The lowest BCUT2D eigenvalue weighted by Crippen LogP contribution is -2.39. The maximum atomic E-state index is 13.7. The molecule has 0 spiro atoms. The maximum absolute atomic E-state index is 13.7. The number of methoxy groups -OCH3 is 1. The van der Waals surface area contributed by atoms with Crippen molar-refractivity contribution in [2.45, 2.75) is 38.5 Å². The summed E-state index contributed by atoms with van der Waals surface area (Å²) >= 11 is 0. The summed E-state index contributed by atoms with van der Waals surface area (Å²) in [6, 6.07) is 11.7. The molecule has 0 aromatic heterocycles. The van der Waals surface area contributed by atoms with Crippen LogP contribution < -0.4 is 15.2 Å². The number of nitrogens with zero attached hydrogens (tertiary/aromatic N) is 1. The zero-order valence-electron chi connectivity index (χ0n) is 14.9. The zero-order chi connectivity index (χ0) is 18.7. The van der Waals surface area contributed by atoms with Crippen molar-refractivity contribution in [2.75, 3.05) is 7.11 Å². The monoisotopic (exact) mass is 358 g/mol. The number of carbonyl (C=O) groups is 1. The van der Waals surface area contributed by atoms with Crippen LogP contribution in [0, 0.1) is 5.82 Å². The molecule has 2 atom stereocenters. The Balaban J connectivity index is 1.80. The number of hydrogen-bond acceptors (Lipinski definition) is 3. The van der Waals surface area contributed by atoms with Gasteiger partial charge in [0.15, 0.2) is 11.5 Å². The van der Waals surface area contributed by atoms with Crippen LogP contribution in [0.2, 0.25) is 0 Å². The highest BCUT2D eigenvalue weighted by Gasteiger charge is 2.34. The first kappa shape index (κ1) is 18.0. The highest BCUT2D eigenvalue weighted by atomic mass is 19.1. The fourth-order valence-electron chi connectivity index (χ4n) is 3.46. The third-order valence-corrected chi connectivity index (χ3v) is 4.84. The molecule has 26 heavy (non-hydrogen) atoms. The molecular formula is C20H23FN2O3. The lowest BCUT2D eigenvalue weighted by atomic mass is 10.0. The van der Waals surface area contributed by atoms with Gasteiger partial charge in [-0.25, -0.2) is 9.18 Å². The van der Waals surface area contributed by atoms with Gasteiger partial charge in [0.05, 0.1) is 13.2 Å². The average Bonchev–Trinajstić information content (AvgIpc) is 3.02. The van der Waals surface area contributed by atoms with E-state index in [-0.39, 0.29) is 24.5 Å². The second-order valence-electron chi connectivity index (χ2n) is 6.48. The summed E-state index contributed by atoms with van der Waals surface area (Å²) in [6.45, 7) is 2.10. The number of hydrogen-bond donors (Lipinski definition) is 1. The van der Waals surface area contributed by atoms with Gasteiger partial charge in [0.25, 0.3) is 0 Å². The van der Waals surface area contributed by atoms with Crippen molar-refractivity contribution in [3.8, 4) is 11.5 Å². The molecule has 3 rings (SSSR count). The number of urea groups is 1. The Hall–Kier alpha value is -2.76. The van der Waals surface area contributed by atoms with Crippen LogP contribution >= 0.6 is 0 Å². The molecule has 0 aliphatic carbocycles. The summed E-state index contributed by atoms with van der Waals surface area (Å²) in [7, 11) is 1.55. The topological polar surface area (TPSA) is 64.8 Å². The lowest BCUT2D eigenvalue weighted by molar-refractivity contribution is 0.186. The van der Waals surface area contributed by atoms with E-state index in [1.54, 1.807) is 36.3 Å². The number of likely N-dealkylation sites (tertiary alicyclic amines) is 1.